The van der Waals surface area contributed by atoms with Crippen molar-refractivity contribution in [2.75, 3.05) is 6.54 Å². The lowest BCUT2D eigenvalue weighted by Gasteiger charge is -2.26. The topological polar surface area (TPSA) is 66.5 Å². The molecule has 0 saturated heterocycles. The van der Waals surface area contributed by atoms with Gasteiger partial charge in [0.2, 0.25) is 10.0 Å². The van der Waals surface area contributed by atoms with Gasteiger partial charge in [0, 0.05) is 18.7 Å². The molecule has 1 N–H and O–H groups in total. The molecule has 6 heteroatoms. The first-order chi connectivity index (χ1) is 15.5. The molecule has 0 aliphatic heterocycles. The van der Waals surface area contributed by atoms with Gasteiger partial charge in [0.1, 0.15) is 0 Å². The summed E-state index contributed by atoms with van der Waals surface area (Å²) >= 11 is 0. The average molecular weight is 449 g/mol. The van der Waals surface area contributed by atoms with Crippen molar-refractivity contribution in [1.82, 2.24) is 9.62 Å². The first-order valence-electron chi connectivity index (χ1n) is 11.0. The Morgan fingerprint density at radius 2 is 1.66 bits per heavy atom. The number of rotatable bonds is 7. The Bertz CT molecular complexity index is 1180. The maximum atomic E-state index is 12.9. The molecule has 1 aliphatic carbocycles. The maximum Gasteiger partial charge on any atom is 0.251 e. The van der Waals surface area contributed by atoms with Gasteiger partial charge in [-0.3, -0.25) is 4.79 Å². The maximum absolute atomic E-state index is 12.9. The van der Waals surface area contributed by atoms with Gasteiger partial charge >= 0.3 is 0 Å². The van der Waals surface area contributed by atoms with E-state index in [1.54, 1.807) is 42.5 Å². The van der Waals surface area contributed by atoms with Crippen LogP contribution in [0.15, 0.2) is 83.8 Å². The Morgan fingerprint density at radius 1 is 0.969 bits per heavy atom. The standard InChI is InChI=1S/C26H28N2O3S/c1-2-28(32(30,31)23-11-4-3-5-12-23)19-20-15-17-22(18-16-20)26(29)27-25-14-8-10-21-9-6-7-13-24(21)25/h3-7,9,11-13,15-18,25H,2,8,10,14,19H2,1H3,(H,27,29). The molecule has 5 nitrogen and oxygen atoms in total. The van der Waals surface area contributed by atoms with Gasteiger partial charge in [0.25, 0.3) is 5.91 Å². The number of hydrogen-bond donors (Lipinski definition) is 1. The zero-order valence-electron chi connectivity index (χ0n) is 18.2. The molecule has 32 heavy (non-hydrogen) atoms. The summed E-state index contributed by atoms with van der Waals surface area (Å²) in [5.41, 5.74) is 3.92. The molecule has 3 aromatic carbocycles. The van der Waals surface area contributed by atoms with E-state index in [9.17, 15) is 13.2 Å². The van der Waals surface area contributed by atoms with Crippen molar-refractivity contribution < 1.29 is 13.2 Å². The van der Waals surface area contributed by atoms with Gasteiger partial charge in [-0.2, -0.15) is 4.31 Å². The van der Waals surface area contributed by atoms with Gasteiger partial charge in [-0.15, -0.1) is 0 Å². The number of benzene rings is 3. The number of amides is 1. The summed E-state index contributed by atoms with van der Waals surface area (Å²) in [6.45, 7) is 2.44. The summed E-state index contributed by atoms with van der Waals surface area (Å²) in [6.07, 6.45) is 3.05. The minimum Gasteiger partial charge on any atom is -0.345 e. The van der Waals surface area contributed by atoms with Crippen LogP contribution in [0.3, 0.4) is 0 Å². The summed E-state index contributed by atoms with van der Waals surface area (Å²) in [5.74, 6) is -0.109. The van der Waals surface area contributed by atoms with E-state index in [1.807, 2.05) is 31.2 Å². The molecule has 0 saturated carbocycles. The summed E-state index contributed by atoms with van der Waals surface area (Å²) in [6, 6.07) is 23.9. The monoisotopic (exact) mass is 448 g/mol. The summed E-state index contributed by atoms with van der Waals surface area (Å²) in [7, 11) is -3.57. The van der Waals surface area contributed by atoms with E-state index >= 15 is 0 Å². The number of nitrogens with one attached hydrogen (secondary N) is 1. The van der Waals surface area contributed by atoms with Crippen molar-refractivity contribution in [3.8, 4) is 0 Å². The molecule has 4 rings (SSSR count). The van der Waals surface area contributed by atoms with Crippen LogP contribution in [0, 0.1) is 0 Å². The Kier molecular flexibility index (Phi) is 6.72. The quantitative estimate of drug-likeness (QED) is 0.569. The number of sulfonamides is 1. The highest BCUT2D eigenvalue weighted by Gasteiger charge is 2.24. The van der Waals surface area contributed by atoms with E-state index in [0.717, 1.165) is 24.8 Å². The Labute approximate surface area is 190 Å². The Morgan fingerprint density at radius 3 is 2.38 bits per heavy atom. The van der Waals surface area contributed by atoms with Crippen LogP contribution < -0.4 is 5.32 Å². The van der Waals surface area contributed by atoms with Crippen molar-refractivity contribution in [2.24, 2.45) is 0 Å². The fourth-order valence-electron chi connectivity index (χ4n) is 4.22. The molecule has 0 spiro atoms. The minimum absolute atomic E-state index is 0.0266. The smallest absolute Gasteiger partial charge is 0.251 e. The van der Waals surface area contributed by atoms with E-state index in [4.69, 9.17) is 0 Å². The van der Waals surface area contributed by atoms with E-state index in [2.05, 4.69) is 17.4 Å². The van der Waals surface area contributed by atoms with E-state index in [0.29, 0.717) is 12.1 Å². The number of aryl methyl sites for hydroxylation is 1. The van der Waals surface area contributed by atoms with Crippen LogP contribution in [-0.4, -0.2) is 25.2 Å². The van der Waals surface area contributed by atoms with Gasteiger partial charge in [-0.25, -0.2) is 8.42 Å². The number of fused-ring (bicyclic) bond motifs is 1. The molecule has 1 aliphatic rings. The van der Waals surface area contributed by atoms with Crippen LogP contribution in [0.5, 0.6) is 0 Å². The van der Waals surface area contributed by atoms with Crippen molar-refractivity contribution in [2.45, 2.75) is 43.7 Å². The Balaban J connectivity index is 1.44. The SMILES string of the molecule is CCN(Cc1ccc(C(=O)NC2CCCc3ccccc32)cc1)S(=O)(=O)c1ccccc1. The molecule has 166 valence electrons. The van der Waals surface area contributed by atoms with Crippen LogP contribution in [0.4, 0.5) is 0 Å². The molecule has 1 unspecified atom stereocenters. The Hall–Kier alpha value is -2.96. The number of carbonyl (C=O) groups is 1. The summed E-state index contributed by atoms with van der Waals surface area (Å²) < 4.78 is 27.3. The predicted octanol–water partition coefficient (Wildman–Crippen LogP) is 4.70. The minimum atomic E-state index is -3.57. The molecule has 3 aromatic rings. The zero-order valence-corrected chi connectivity index (χ0v) is 19.0. The van der Waals surface area contributed by atoms with Gasteiger partial charge in [-0.1, -0.05) is 61.5 Å². The summed E-state index contributed by atoms with van der Waals surface area (Å²) in [4.78, 5) is 13.1. The highest BCUT2D eigenvalue weighted by atomic mass is 32.2. The van der Waals surface area contributed by atoms with Gasteiger partial charge in [-0.05, 0) is 60.2 Å². The largest absolute Gasteiger partial charge is 0.345 e. The third kappa shape index (κ3) is 4.76. The highest BCUT2D eigenvalue weighted by molar-refractivity contribution is 7.89. The van der Waals surface area contributed by atoms with E-state index < -0.39 is 10.0 Å². The molecular formula is C26H28N2O3S. The molecule has 0 bridgehead atoms. The molecular weight excluding hydrogens is 420 g/mol. The fourth-order valence-corrected chi connectivity index (χ4v) is 5.68. The second kappa shape index (κ2) is 9.67. The van der Waals surface area contributed by atoms with E-state index in [1.165, 1.54) is 15.4 Å². The van der Waals surface area contributed by atoms with Crippen LogP contribution in [0.2, 0.25) is 0 Å². The molecule has 0 aromatic heterocycles. The molecule has 1 atom stereocenters. The third-order valence-electron chi connectivity index (χ3n) is 5.98. The predicted molar refractivity (Wildman–Crippen MR) is 126 cm³/mol. The molecule has 0 radical (unpaired) electrons. The van der Waals surface area contributed by atoms with Crippen molar-refractivity contribution in [1.29, 1.82) is 0 Å². The first-order valence-corrected chi connectivity index (χ1v) is 12.5. The highest BCUT2D eigenvalue weighted by Crippen LogP contribution is 2.29. The first kappa shape index (κ1) is 22.2. The number of nitrogens with zero attached hydrogens (tertiary/aromatic N) is 1. The summed E-state index contributed by atoms with van der Waals surface area (Å²) in [5, 5.41) is 3.16. The van der Waals surface area contributed by atoms with Gasteiger partial charge in [0.15, 0.2) is 0 Å². The van der Waals surface area contributed by atoms with Crippen LogP contribution in [-0.2, 0) is 23.0 Å². The second-order valence-corrected chi connectivity index (χ2v) is 10.00. The lowest BCUT2D eigenvalue weighted by atomic mass is 9.87. The van der Waals surface area contributed by atoms with Gasteiger partial charge in [0.05, 0.1) is 10.9 Å². The zero-order chi connectivity index (χ0) is 22.6. The third-order valence-corrected chi connectivity index (χ3v) is 7.92. The molecule has 0 heterocycles. The second-order valence-electron chi connectivity index (χ2n) is 8.06. The van der Waals surface area contributed by atoms with Gasteiger partial charge < -0.3 is 5.32 Å². The lowest BCUT2D eigenvalue weighted by Crippen LogP contribution is -2.31. The fraction of sp³-hybridized carbons (Fsp3) is 0.269. The van der Waals surface area contributed by atoms with Crippen molar-refractivity contribution >= 4 is 15.9 Å². The number of carbonyl (C=O) groups excluding carboxylic acids is 1. The number of hydrogen-bond acceptors (Lipinski definition) is 3. The lowest BCUT2D eigenvalue weighted by molar-refractivity contribution is 0.0932. The molecule has 1 amide bonds. The van der Waals surface area contributed by atoms with Crippen LogP contribution >= 0.6 is 0 Å². The van der Waals surface area contributed by atoms with Crippen LogP contribution in [0.1, 0.15) is 52.9 Å². The average Bonchev–Trinajstić information content (AvgIpc) is 2.83. The normalized spacial score (nSPS) is 15.9. The molecule has 0 fully saturated rings. The van der Waals surface area contributed by atoms with Crippen molar-refractivity contribution in [3.05, 3.63) is 101 Å². The van der Waals surface area contributed by atoms with Crippen LogP contribution in [0.25, 0.3) is 0 Å². The van der Waals surface area contributed by atoms with E-state index in [-0.39, 0.29) is 23.4 Å². The van der Waals surface area contributed by atoms with Crippen molar-refractivity contribution in [3.63, 3.8) is 0 Å².